The van der Waals surface area contributed by atoms with Gasteiger partial charge in [0.2, 0.25) is 0 Å². The topological polar surface area (TPSA) is 58.4 Å². The fourth-order valence-electron chi connectivity index (χ4n) is 2.45. The number of rotatable bonds is 2. The second-order valence-electron chi connectivity index (χ2n) is 6.53. The Morgan fingerprint density at radius 3 is 2.41 bits per heavy atom. The van der Waals surface area contributed by atoms with Crippen LogP contribution in [-0.4, -0.2) is 44.7 Å². The van der Waals surface area contributed by atoms with Gasteiger partial charge in [0.05, 0.1) is 5.69 Å². The Hall–Kier alpha value is -2.11. The van der Waals surface area contributed by atoms with Crippen molar-refractivity contribution in [3.05, 3.63) is 29.6 Å². The van der Waals surface area contributed by atoms with Gasteiger partial charge in [-0.1, -0.05) is 26.8 Å². The SMILES string of the molecule is C/C=C/C(=O)N1CCCN1C(=O)c1cc(C(C)(C)C)nn1C. The van der Waals surface area contributed by atoms with Crippen molar-refractivity contribution >= 4 is 11.8 Å². The van der Waals surface area contributed by atoms with Crippen LogP contribution in [0.15, 0.2) is 18.2 Å². The van der Waals surface area contributed by atoms with Crippen LogP contribution in [-0.2, 0) is 17.3 Å². The molecule has 6 nitrogen and oxygen atoms in total. The molecule has 1 aromatic rings. The van der Waals surface area contributed by atoms with Crippen molar-refractivity contribution in [1.82, 2.24) is 19.8 Å². The molecule has 1 aliphatic rings. The number of allylic oxidation sites excluding steroid dienone is 1. The molecule has 0 aliphatic carbocycles. The minimum absolute atomic E-state index is 0.123. The monoisotopic (exact) mass is 304 g/mol. The fourth-order valence-corrected chi connectivity index (χ4v) is 2.45. The van der Waals surface area contributed by atoms with E-state index >= 15 is 0 Å². The van der Waals surface area contributed by atoms with Crippen LogP contribution in [0, 0.1) is 0 Å². The standard InChI is InChI=1S/C16H24N4O2/c1-6-8-14(21)19-9-7-10-20(19)15(22)12-11-13(16(2,3)4)17-18(12)5/h6,8,11H,7,9-10H2,1-5H3/b8-6+. The third-order valence-corrected chi connectivity index (χ3v) is 3.70. The highest BCUT2D eigenvalue weighted by Crippen LogP contribution is 2.23. The summed E-state index contributed by atoms with van der Waals surface area (Å²) in [4.78, 5) is 24.8. The van der Waals surface area contributed by atoms with E-state index < -0.39 is 0 Å². The van der Waals surface area contributed by atoms with Crippen LogP contribution in [0.25, 0.3) is 0 Å². The van der Waals surface area contributed by atoms with Gasteiger partial charge in [-0.25, -0.2) is 10.0 Å². The molecule has 0 radical (unpaired) electrons. The minimum atomic E-state index is -0.180. The van der Waals surface area contributed by atoms with Crippen molar-refractivity contribution in [2.45, 2.75) is 39.5 Å². The largest absolute Gasteiger partial charge is 0.290 e. The van der Waals surface area contributed by atoms with Gasteiger partial charge in [0.1, 0.15) is 5.69 Å². The molecule has 6 heteroatoms. The lowest BCUT2D eigenvalue weighted by Crippen LogP contribution is -2.44. The first-order chi connectivity index (χ1) is 10.3. The summed E-state index contributed by atoms with van der Waals surface area (Å²) in [6, 6.07) is 1.82. The lowest BCUT2D eigenvalue weighted by atomic mass is 9.92. The van der Waals surface area contributed by atoms with Gasteiger partial charge in [0.15, 0.2) is 0 Å². The molecule has 2 amide bonds. The van der Waals surface area contributed by atoms with E-state index in [4.69, 9.17) is 0 Å². The first-order valence-electron chi connectivity index (χ1n) is 7.56. The Bertz CT molecular complexity index is 610. The maximum absolute atomic E-state index is 12.8. The van der Waals surface area contributed by atoms with Crippen molar-refractivity contribution in [2.75, 3.05) is 13.1 Å². The molecule has 2 rings (SSSR count). The lowest BCUT2D eigenvalue weighted by Gasteiger charge is -2.26. The Balaban J connectivity index is 2.28. The van der Waals surface area contributed by atoms with Crippen molar-refractivity contribution in [2.24, 2.45) is 7.05 Å². The summed E-state index contributed by atoms with van der Waals surface area (Å²) in [6.45, 7) is 9.08. The molecule has 0 aromatic carbocycles. The summed E-state index contributed by atoms with van der Waals surface area (Å²) in [5.74, 6) is -0.340. The minimum Gasteiger partial charge on any atom is -0.268 e. The van der Waals surface area contributed by atoms with Crippen LogP contribution in [0.5, 0.6) is 0 Å². The number of nitrogens with zero attached hydrogens (tertiary/aromatic N) is 4. The Labute approximate surface area is 131 Å². The average Bonchev–Trinajstić information content (AvgIpc) is 3.03. The quantitative estimate of drug-likeness (QED) is 0.784. The van der Waals surface area contributed by atoms with E-state index in [1.165, 1.54) is 16.1 Å². The molecule has 1 aliphatic heterocycles. The van der Waals surface area contributed by atoms with E-state index in [2.05, 4.69) is 25.9 Å². The molecule has 0 saturated carbocycles. The average molecular weight is 304 g/mol. The smallest absolute Gasteiger partial charge is 0.268 e. The van der Waals surface area contributed by atoms with E-state index in [0.717, 1.165) is 12.1 Å². The van der Waals surface area contributed by atoms with Gasteiger partial charge >= 0.3 is 0 Å². The Morgan fingerprint density at radius 1 is 1.23 bits per heavy atom. The lowest BCUT2D eigenvalue weighted by molar-refractivity contribution is -0.135. The highest BCUT2D eigenvalue weighted by molar-refractivity contribution is 5.96. The zero-order valence-electron chi connectivity index (χ0n) is 14.0. The number of amides is 2. The number of hydrogen-bond donors (Lipinski definition) is 0. The summed E-state index contributed by atoms with van der Waals surface area (Å²) in [5.41, 5.74) is 1.25. The number of hydrogen-bond acceptors (Lipinski definition) is 3. The molecule has 22 heavy (non-hydrogen) atoms. The zero-order valence-corrected chi connectivity index (χ0v) is 14.0. The second-order valence-corrected chi connectivity index (χ2v) is 6.53. The van der Waals surface area contributed by atoms with Gasteiger partial charge in [-0.2, -0.15) is 5.10 Å². The van der Waals surface area contributed by atoms with E-state index in [9.17, 15) is 9.59 Å². The highest BCUT2D eigenvalue weighted by Gasteiger charge is 2.32. The molecule has 1 fully saturated rings. The molecule has 1 aromatic heterocycles. The van der Waals surface area contributed by atoms with Crippen LogP contribution in [0.4, 0.5) is 0 Å². The zero-order chi connectivity index (χ0) is 16.5. The van der Waals surface area contributed by atoms with Crippen LogP contribution < -0.4 is 0 Å². The summed E-state index contributed by atoms with van der Waals surface area (Å²) >= 11 is 0. The number of hydrazine groups is 1. The highest BCUT2D eigenvalue weighted by atomic mass is 16.2. The maximum atomic E-state index is 12.8. The first-order valence-corrected chi connectivity index (χ1v) is 7.56. The molecule has 0 N–H and O–H groups in total. The van der Waals surface area contributed by atoms with Crippen molar-refractivity contribution in [1.29, 1.82) is 0 Å². The number of carbonyl (C=O) groups is 2. The molecule has 0 spiro atoms. The summed E-state index contributed by atoms with van der Waals surface area (Å²) in [6.07, 6.45) is 3.96. The fraction of sp³-hybridized carbons (Fsp3) is 0.562. The Kier molecular flexibility index (Phi) is 4.39. The van der Waals surface area contributed by atoms with Gasteiger partial charge in [0, 0.05) is 31.6 Å². The third kappa shape index (κ3) is 3.05. The van der Waals surface area contributed by atoms with E-state index in [-0.39, 0.29) is 17.2 Å². The molecule has 0 bridgehead atoms. The summed E-state index contributed by atoms with van der Waals surface area (Å²) in [7, 11) is 1.76. The van der Waals surface area contributed by atoms with Gasteiger partial charge in [-0.3, -0.25) is 14.3 Å². The molecule has 0 unspecified atom stereocenters. The number of carbonyl (C=O) groups excluding carboxylic acids is 2. The van der Waals surface area contributed by atoms with Gasteiger partial charge < -0.3 is 0 Å². The predicted molar refractivity (Wildman–Crippen MR) is 84.1 cm³/mol. The van der Waals surface area contributed by atoms with Crippen LogP contribution in [0.3, 0.4) is 0 Å². The Morgan fingerprint density at radius 2 is 1.86 bits per heavy atom. The maximum Gasteiger partial charge on any atom is 0.290 e. The van der Waals surface area contributed by atoms with Crippen molar-refractivity contribution < 1.29 is 9.59 Å². The van der Waals surface area contributed by atoms with Gasteiger partial charge in [-0.15, -0.1) is 0 Å². The van der Waals surface area contributed by atoms with Gasteiger partial charge in [-0.05, 0) is 19.4 Å². The molecule has 1 saturated heterocycles. The second kappa shape index (κ2) is 5.94. The summed E-state index contributed by atoms with van der Waals surface area (Å²) in [5, 5.41) is 7.46. The predicted octanol–water partition coefficient (Wildman–Crippen LogP) is 1.88. The molecule has 120 valence electrons. The van der Waals surface area contributed by atoms with Crippen LogP contribution >= 0.6 is 0 Å². The number of aromatic nitrogens is 2. The van der Waals surface area contributed by atoms with Gasteiger partial charge in [0.25, 0.3) is 11.8 Å². The van der Waals surface area contributed by atoms with Crippen molar-refractivity contribution in [3.63, 3.8) is 0 Å². The van der Waals surface area contributed by atoms with E-state index in [1.807, 2.05) is 6.07 Å². The molecular weight excluding hydrogens is 280 g/mol. The van der Waals surface area contributed by atoms with Crippen LogP contribution in [0.1, 0.15) is 50.3 Å². The third-order valence-electron chi connectivity index (χ3n) is 3.70. The first kappa shape index (κ1) is 16.3. The van der Waals surface area contributed by atoms with E-state index in [1.54, 1.807) is 24.7 Å². The summed E-state index contributed by atoms with van der Waals surface area (Å²) < 4.78 is 1.60. The number of aryl methyl sites for hydroxylation is 1. The molecular formula is C16H24N4O2. The van der Waals surface area contributed by atoms with Crippen LogP contribution in [0.2, 0.25) is 0 Å². The molecule has 2 heterocycles. The van der Waals surface area contributed by atoms with E-state index in [0.29, 0.717) is 18.8 Å². The normalized spacial score (nSPS) is 15.9. The van der Waals surface area contributed by atoms with Crippen molar-refractivity contribution in [3.8, 4) is 0 Å². The molecule has 0 atom stereocenters.